The zero-order valence-corrected chi connectivity index (χ0v) is 35.9. The van der Waals surface area contributed by atoms with Crippen molar-refractivity contribution in [1.82, 2.24) is 20.0 Å². The third-order valence-electron chi connectivity index (χ3n) is 10.7. The summed E-state index contributed by atoms with van der Waals surface area (Å²) in [5.74, 6) is 0. The second kappa shape index (κ2) is 32.7. The predicted molar refractivity (Wildman–Crippen MR) is 219 cm³/mol. The van der Waals surface area contributed by atoms with Crippen molar-refractivity contribution in [3.05, 3.63) is 0 Å². The van der Waals surface area contributed by atoms with Gasteiger partial charge in [0.1, 0.15) is 67.1 Å². The Morgan fingerprint density at radius 2 is 0.607 bits per heavy atom. The maximum atomic E-state index is 10.9. The van der Waals surface area contributed by atoms with Crippen LogP contribution in [-0.4, -0.2) is 301 Å². The molecule has 0 radical (unpaired) electrons. The zero-order chi connectivity index (χ0) is 47.0. The summed E-state index contributed by atoms with van der Waals surface area (Å²) in [5.41, 5.74) is 0. The van der Waals surface area contributed by atoms with Crippen molar-refractivity contribution in [2.24, 2.45) is 0 Å². The molecule has 0 bridgehead atoms. The SMILES string of the molecule is CCC(O)C(O)C(O)C(O)CN(CCCN(CCCCN(CCCNC(C)C)CC(O)C(O)C(O)C(O)CO)CC(O)C(O)C(O)C(O)CO)CC(O)C(O)C(O)C(O)CO. The molecule has 0 spiro atoms. The average Bonchev–Trinajstić information content (AvgIpc) is 3.24. The number of aliphatic hydroxyl groups is 19. The van der Waals surface area contributed by atoms with Crippen LogP contribution >= 0.6 is 0 Å². The molecule has 0 aliphatic rings. The van der Waals surface area contributed by atoms with Gasteiger partial charge in [-0.1, -0.05) is 20.8 Å². The van der Waals surface area contributed by atoms with Gasteiger partial charge in [-0.2, -0.15) is 0 Å². The molecule has 0 saturated heterocycles. The number of hydrogen-bond acceptors (Lipinski definition) is 23. The molecule has 0 fully saturated rings. The van der Waals surface area contributed by atoms with Crippen LogP contribution in [0.5, 0.6) is 0 Å². The molecule has 16 atom stereocenters. The summed E-state index contributed by atoms with van der Waals surface area (Å²) < 4.78 is 0. The lowest BCUT2D eigenvalue weighted by molar-refractivity contribution is -0.127. The molecule has 20 N–H and O–H groups in total. The van der Waals surface area contributed by atoms with Gasteiger partial charge in [0.15, 0.2) is 0 Å². The molecular weight excluding hydrogens is 816 g/mol. The molecule has 0 aromatic carbocycles. The highest BCUT2D eigenvalue weighted by Crippen LogP contribution is 2.15. The minimum atomic E-state index is -1.97. The molecule has 23 nitrogen and oxygen atoms in total. The minimum Gasteiger partial charge on any atom is -0.394 e. The van der Waals surface area contributed by atoms with E-state index in [0.717, 1.165) is 0 Å². The van der Waals surface area contributed by atoms with Gasteiger partial charge >= 0.3 is 0 Å². The van der Waals surface area contributed by atoms with Crippen LogP contribution < -0.4 is 5.32 Å². The predicted octanol–water partition coefficient (Wildman–Crippen LogP) is -9.39. The first kappa shape index (κ1) is 60.1. The average molecular weight is 899 g/mol. The van der Waals surface area contributed by atoms with Gasteiger partial charge in [-0.05, 0) is 71.4 Å². The molecule has 368 valence electrons. The van der Waals surface area contributed by atoms with Gasteiger partial charge in [0, 0.05) is 32.2 Å². The van der Waals surface area contributed by atoms with E-state index in [9.17, 15) is 91.9 Å². The van der Waals surface area contributed by atoms with Crippen LogP contribution in [0.1, 0.15) is 52.9 Å². The van der Waals surface area contributed by atoms with Gasteiger partial charge in [0.2, 0.25) is 0 Å². The van der Waals surface area contributed by atoms with E-state index in [2.05, 4.69) is 5.32 Å². The molecule has 0 saturated carbocycles. The van der Waals surface area contributed by atoms with Crippen molar-refractivity contribution in [2.45, 2.75) is 157 Å². The molecule has 0 aromatic heterocycles. The maximum Gasteiger partial charge on any atom is 0.111 e. The van der Waals surface area contributed by atoms with Gasteiger partial charge in [0.25, 0.3) is 0 Å². The largest absolute Gasteiger partial charge is 0.394 e. The number of nitrogens with one attached hydrogen (secondary N) is 1. The molecule has 61 heavy (non-hydrogen) atoms. The highest BCUT2D eigenvalue weighted by Gasteiger charge is 2.35. The van der Waals surface area contributed by atoms with Gasteiger partial charge in [-0.25, -0.2) is 0 Å². The Balaban J connectivity index is 6.15. The molecule has 0 aliphatic heterocycles. The highest BCUT2D eigenvalue weighted by atomic mass is 16.4. The number of hydrogen-bond donors (Lipinski definition) is 20. The molecule has 0 heterocycles. The van der Waals surface area contributed by atoms with Gasteiger partial charge in [-0.3, -0.25) is 4.90 Å². The van der Waals surface area contributed by atoms with Crippen molar-refractivity contribution < 1.29 is 97.0 Å². The summed E-state index contributed by atoms with van der Waals surface area (Å²) in [6.07, 6.45) is -26.3. The van der Waals surface area contributed by atoms with Crippen LogP contribution in [0.25, 0.3) is 0 Å². The molecule has 16 unspecified atom stereocenters. The minimum absolute atomic E-state index is 0.0190. The molecule has 23 heteroatoms. The monoisotopic (exact) mass is 899 g/mol. The van der Waals surface area contributed by atoms with E-state index >= 15 is 0 Å². The number of nitrogens with zero attached hydrogens (tertiary/aromatic N) is 3. The van der Waals surface area contributed by atoms with Gasteiger partial charge < -0.3 is 112 Å². The third kappa shape index (κ3) is 23.2. The Kier molecular flexibility index (Phi) is 32.2. The summed E-state index contributed by atoms with van der Waals surface area (Å²) in [4.78, 5) is 4.89. The summed E-state index contributed by atoms with van der Waals surface area (Å²) in [6.45, 7) is 3.37. The summed E-state index contributed by atoms with van der Waals surface area (Å²) in [7, 11) is 0. The van der Waals surface area contributed by atoms with Crippen molar-refractivity contribution >= 4 is 0 Å². The van der Waals surface area contributed by atoms with Crippen molar-refractivity contribution in [1.29, 1.82) is 0 Å². The van der Waals surface area contributed by atoms with Crippen LogP contribution in [-0.2, 0) is 0 Å². The highest BCUT2D eigenvalue weighted by molar-refractivity contribution is 4.87. The Labute approximate surface area is 358 Å². The van der Waals surface area contributed by atoms with E-state index in [1.54, 1.807) is 11.8 Å². The van der Waals surface area contributed by atoms with E-state index < -0.39 is 131 Å². The van der Waals surface area contributed by atoms with E-state index in [0.29, 0.717) is 38.9 Å². The first-order valence-corrected chi connectivity index (χ1v) is 21.2. The van der Waals surface area contributed by atoms with Crippen LogP contribution in [0.15, 0.2) is 0 Å². The van der Waals surface area contributed by atoms with E-state index in [4.69, 9.17) is 5.11 Å². The topological polar surface area (TPSA) is 406 Å². The second-order valence-electron chi connectivity index (χ2n) is 16.3. The zero-order valence-electron chi connectivity index (χ0n) is 35.9. The fourth-order valence-electron chi connectivity index (χ4n) is 6.60. The number of aliphatic hydroxyl groups excluding tert-OH is 19. The first-order valence-electron chi connectivity index (χ1n) is 21.2. The van der Waals surface area contributed by atoms with Crippen LogP contribution in [0.2, 0.25) is 0 Å². The quantitative estimate of drug-likeness (QED) is 0.0256. The number of rotatable bonds is 38. The molecule has 0 aliphatic carbocycles. The van der Waals surface area contributed by atoms with Crippen LogP contribution in [0, 0.1) is 0 Å². The smallest absolute Gasteiger partial charge is 0.111 e. The first-order chi connectivity index (χ1) is 28.6. The summed E-state index contributed by atoms with van der Waals surface area (Å²) in [5, 5.41) is 196. The van der Waals surface area contributed by atoms with E-state index in [1.807, 2.05) is 18.7 Å². The molecule has 0 aromatic rings. The lowest BCUT2D eigenvalue weighted by atomic mass is 10.00. The van der Waals surface area contributed by atoms with E-state index in [-0.39, 0.29) is 51.6 Å². The molecule has 0 rings (SSSR count). The normalized spacial score (nSPS) is 20.8. The van der Waals surface area contributed by atoms with Crippen molar-refractivity contribution in [3.63, 3.8) is 0 Å². The second-order valence-corrected chi connectivity index (χ2v) is 16.3. The summed E-state index contributed by atoms with van der Waals surface area (Å²) >= 11 is 0. The lowest BCUT2D eigenvalue weighted by Gasteiger charge is -2.34. The standard InChI is InChI=1S/C38H82N4O19/c1-4-23(46)31(54)32(55)26(49)17-42(18-27(50)35(58)38(61)30(53)21-45)14-8-13-41(16-25(48)34(57)37(60)29(52)20-44)11-6-5-10-40(12-7-9-39-22(2)3)15-24(47)33(56)36(59)28(51)19-43/h22-39,43-61H,4-21H2,1-3H3. The Hall–Kier alpha value is -0.920. The van der Waals surface area contributed by atoms with Crippen LogP contribution in [0.4, 0.5) is 0 Å². The Morgan fingerprint density at radius 1 is 0.344 bits per heavy atom. The van der Waals surface area contributed by atoms with Gasteiger partial charge in [0.05, 0.1) is 50.3 Å². The lowest BCUT2D eigenvalue weighted by Crippen LogP contribution is -2.53. The van der Waals surface area contributed by atoms with Crippen LogP contribution in [0.3, 0.4) is 0 Å². The maximum absolute atomic E-state index is 10.9. The Morgan fingerprint density at radius 3 is 0.918 bits per heavy atom. The Bertz CT molecular complexity index is 1040. The van der Waals surface area contributed by atoms with Crippen molar-refractivity contribution in [3.8, 4) is 0 Å². The molecule has 0 amide bonds. The number of unbranched alkanes of at least 4 members (excludes halogenated alkanes) is 1. The fraction of sp³-hybridized carbons (Fsp3) is 1.00. The fourth-order valence-corrected chi connectivity index (χ4v) is 6.60. The third-order valence-corrected chi connectivity index (χ3v) is 10.7. The molecular formula is C38H82N4O19. The van der Waals surface area contributed by atoms with E-state index in [1.165, 1.54) is 4.90 Å². The van der Waals surface area contributed by atoms with Gasteiger partial charge in [-0.15, -0.1) is 0 Å². The van der Waals surface area contributed by atoms with Crippen molar-refractivity contribution in [2.75, 3.05) is 85.3 Å². The summed E-state index contributed by atoms with van der Waals surface area (Å²) in [6, 6.07) is 0.218.